The molecule has 0 saturated carbocycles. The number of benzene rings is 2. The minimum atomic E-state index is -3.89. The van der Waals surface area contributed by atoms with E-state index < -0.39 is 10.1 Å². The van der Waals surface area contributed by atoms with E-state index in [4.69, 9.17) is 4.18 Å². The lowest BCUT2D eigenvalue weighted by Gasteiger charge is -2.17. The highest BCUT2D eigenvalue weighted by Gasteiger charge is 2.21. The van der Waals surface area contributed by atoms with Crippen molar-refractivity contribution in [3.63, 3.8) is 0 Å². The van der Waals surface area contributed by atoms with Gasteiger partial charge in [0.05, 0.1) is 0 Å². The number of amides is 1. The summed E-state index contributed by atoms with van der Waals surface area (Å²) in [4.78, 5) is 11.4. The van der Waals surface area contributed by atoms with E-state index in [0.717, 1.165) is 9.13 Å². The first-order valence-corrected chi connectivity index (χ1v) is 9.05. The number of rotatable bonds is 3. The topological polar surface area (TPSA) is 72.5 Å². The summed E-state index contributed by atoms with van der Waals surface area (Å²) in [5.41, 5.74) is 1.45. The molecule has 7 heteroatoms. The zero-order valence-corrected chi connectivity index (χ0v) is 14.3. The van der Waals surface area contributed by atoms with Crippen molar-refractivity contribution < 1.29 is 17.4 Å². The van der Waals surface area contributed by atoms with Crippen LogP contribution in [0.4, 0.5) is 5.69 Å². The molecule has 0 radical (unpaired) electrons. The van der Waals surface area contributed by atoms with Crippen molar-refractivity contribution in [1.82, 2.24) is 0 Å². The van der Waals surface area contributed by atoms with Crippen LogP contribution in [0.25, 0.3) is 0 Å². The lowest BCUT2D eigenvalue weighted by atomic mass is 10.0. The predicted molar refractivity (Wildman–Crippen MR) is 90.4 cm³/mol. The molecular weight excluding hydrogens is 417 g/mol. The van der Waals surface area contributed by atoms with Crippen LogP contribution in [0.1, 0.15) is 12.0 Å². The number of hydrogen-bond acceptors (Lipinski definition) is 4. The third-order valence-corrected chi connectivity index (χ3v) is 5.24. The first kappa shape index (κ1) is 15.3. The number of fused-ring (bicyclic) bond motifs is 1. The number of carbonyl (C=O) groups is 1. The minimum Gasteiger partial charge on any atom is -0.379 e. The average Bonchev–Trinajstić information content (AvgIpc) is 2.49. The Morgan fingerprint density at radius 2 is 1.77 bits per heavy atom. The minimum absolute atomic E-state index is 0.0572. The molecule has 1 N–H and O–H groups in total. The summed E-state index contributed by atoms with van der Waals surface area (Å²) in [5, 5.41) is 2.72. The van der Waals surface area contributed by atoms with E-state index in [1.54, 1.807) is 36.4 Å². The molecule has 1 aliphatic heterocycles. The number of anilines is 1. The van der Waals surface area contributed by atoms with Gasteiger partial charge in [0.1, 0.15) is 10.6 Å². The Bertz CT molecular complexity index is 831. The largest absolute Gasteiger partial charge is 0.379 e. The monoisotopic (exact) mass is 429 g/mol. The van der Waals surface area contributed by atoms with Gasteiger partial charge in [-0.25, -0.2) is 0 Å². The van der Waals surface area contributed by atoms with Gasteiger partial charge in [0.2, 0.25) is 5.91 Å². The maximum absolute atomic E-state index is 12.3. The third-order valence-electron chi connectivity index (χ3n) is 3.28. The fraction of sp³-hybridized carbons (Fsp3) is 0.133. The van der Waals surface area contributed by atoms with Gasteiger partial charge in [0, 0.05) is 15.7 Å². The second kappa shape index (κ2) is 5.88. The van der Waals surface area contributed by atoms with Crippen LogP contribution in [0.5, 0.6) is 5.75 Å². The van der Waals surface area contributed by atoms with Crippen LogP contribution in [-0.2, 0) is 21.3 Å². The van der Waals surface area contributed by atoms with Crippen molar-refractivity contribution >= 4 is 44.3 Å². The SMILES string of the molecule is O=C1CCc2cc(S(=O)(=O)Oc3ccc(I)cc3)ccc2N1. The van der Waals surface area contributed by atoms with Gasteiger partial charge in [-0.3, -0.25) is 4.79 Å². The molecule has 3 rings (SSSR count). The quantitative estimate of drug-likeness (QED) is 0.602. The lowest BCUT2D eigenvalue weighted by Crippen LogP contribution is -2.19. The van der Waals surface area contributed by atoms with Crippen molar-refractivity contribution in [2.24, 2.45) is 0 Å². The Morgan fingerprint density at radius 3 is 2.50 bits per heavy atom. The van der Waals surface area contributed by atoms with Crippen molar-refractivity contribution in [1.29, 1.82) is 0 Å². The highest BCUT2D eigenvalue weighted by atomic mass is 127. The van der Waals surface area contributed by atoms with Gasteiger partial charge in [0.15, 0.2) is 0 Å². The van der Waals surface area contributed by atoms with E-state index in [2.05, 4.69) is 27.9 Å². The Balaban J connectivity index is 1.89. The molecule has 0 saturated heterocycles. The predicted octanol–water partition coefficient (Wildman–Crippen LogP) is 2.94. The van der Waals surface area contributed by atoms with Crippen LogP contribution in [0, 0.1) is 3.57 Å². The summed E-state index contributed by atoms with van der Waals surface area (Å²) in [7, 11) is -3.89. The molecule has 0 unspecified atom stereocenters. The Kier molecular flexibility index (Phi) is 4.09. The molecule has 0 fully saturated rings. The Labute approximate surface area is 141 Å². The molecule has 1 aliphatic rings. The van der Waals surface area contributed by atoms with Crippen LogP contribution in [0.2, 0.25) is 0 Å². The van der Waals surface area contributed by atoms with E-state index in [1.807, 2.05) is 0 Å². The zero-order valence-electron chi connectivity index (χ0n) is 11.4. The Morgan fingerprint density at radius 1 is 1.05 bits per heavy atom. The molecule has 0 aliphatic carbocycles. The van der Waals surface area contributed by atoms with Gasteiger partial charge < -0.3 is 9.50 Å². The molecule has 114 valence electrons. The fourth-order valence-electron chi connectivity index (χ4n) is 2.18. The smallest absolute Gasteiger partial charge is 0.339 e. The van der Waals surface area contributed by atoms with Gasteiger partial charge in [-0.15, -0.1) is 0 Å². The number of halogens is 1. The van der Waals surface area contributed by atoms with Crippen LogP contribution < -0.4 is 9.50 Å². The van der Waals surface area contributed by atoms with Crippen molar-refractivity contribution in [3.8, 4) is 5.75 Å². The highest BCUT2D eigenvalue weighted by molar-refractivity contribution is 14.1. The molecule has 0 spiro atoms. The Hall–Kier alpha value is -1.61. The van der Waals surface area contributed by atoms with Gasteiger partial charge >= 0.3 is 10.1 Å². The van der Waals surface area contributed by atoms with E-state index in [1.165, 1.54) is 6.07 Å². The van der Waals surface area contributed by atoms with Crippen molar-refractivity contribution in [2.45, 2.75) is 17.7 Å². The molecule has 2 aromatic carbocycles. The van der Waals surface area contributed by atoms with Crippen LogP contribution >= 0.6 is 22.6 Å². The molecular formula is C15H12INO4S. The average molecular weight is 429 g/mol. The maximum atomic E-state index is 12.3. The number of nitrogens with one attached hydrogen (secondary N) is 1. The summed E-state index contributed by atoms with van der Waals surface area (Å²) in [6.07, 6.45) is 0.878. The van der Waals surface area contributed by atoms with Gasteiger partial charge in [-0.1, -0.05) is 0 Å². The summed E-state index contributed by atoms with van der Waals surface area (Å²) in [5.74, 6) is 0.213. The molecule has 0 aromatic heterocycles. The molecule has 5 nitrogen and oxygen atoms in total. The first-order chi connectivity index (χ1) is 10.4. The fourth-order valence-corrected chi connectivity index (χ4v) is 3.52. The molecule has 1 amide bonds. The van der Waals surface area contributed by atoms with E-state index >= 15 is 0 Å². The van der Waals surface area contributed by atoms with Crippen LogP contribution in [0.15, 0.2) is 47.4 Å². The zero-order chi connectivity index (χ0) is 15.7. The number of hydrogen-bond donors (Lipinski definition) is 1. The molecule has 2 aromatic rings. The van der Waals surface area contributed by atoms with Gasteiger partial charge in [0.25, 0.3) is 0 Å². The molecule has 0 bridgehead atoms. The maximum Gasteiger partial charge on any atom is 0.339 e. The van der Waals surface area contributed by atoms with Crippen molar-refractivity contribution in [3.05, 3.63) is 51.6 Å². The van der Waals surface area contributed by atoms with Gasteiger partial charge in [-0.2, -0.15) is 8.42 Å². The first-order valence-electron chi connectivity index (χ1n) is 6.57. The normalized spacial score (nSPS) is 14.1. The number of carbonyl (C=O) groups excluding carboxylic acids is 1. The molecule has 0 atom stereocenters. The standard InChI is InChI=1S/C15H12INO4S/c16-11-2-4-12(5-3-11)21-22(19,20)13-6-7-14-10(9-13)1-8-15(18)17-14/h2-7,9H,1,8H2,(H,17,18). The number of aryl methyl sites for hydroxylation is 1. The van der Waals surface area contributed by atoms with Crippen molar-refractivity contribution in [2.75, 3.05) is 5.32 Å². The molecule has 22 heavy (non-hydrogen) atoms. The summed E-state index contributed by atoms with van der Waals surface area (Å²) >= 11 is 2.13. The van der Waals surface area contributed by atoms with E-state index in [9.17, 15) is 13.2 Å². The highest BCUT2D eigenvalue weighted by Crippen LogP contribution is 2.27. The summed E-state index contributed by atoms with van der Waals surface area (Å²) in [6.45, 7) is 0. The van der Waals surface area contributed by atoms with Crippen LogP contribution in [-0.4, -0.2) is 14.3 Å². The second-order valence-electron chi connectivity index (χ2n) is 4.86. The van der Waals surface area contributed by atoms with Gasteiger partial charge in [-0.05, 0) is 77.0 Å². The summed E-state index contributed by atoms with van der Waals surface area (Å²) < 4.78 is 30.8. The second-order valence-corrected chi connectivity index (χ2v) is 7.65. The summed E-state index contributed by atoms with van der Waals surface area (Å²) in [6, 6.07) is 11.3. The van der Waals surface area contributed by atoms with Crippen LogP contribution in [0.3, 0.4) is 0 Å². The molecule has 1 heterocycles. The third kappa shape index (κ3) is 3.25. The van der Waals surface area contributed by atoms with E-state index in [0.29, 0.717) is 18.5 Å². The lowest BCUT2D eigenvalue weighted by molar-refractivity contribution is -0.116. The van der Waals surface area contributed by atoms with E-state index in [-0.39, 0.29) is 16.6 Å².